The van der Waals surface area contributed by atoms with Gasteiger partial charge in [0.15, 0.2) is 0 Å². The fourth-order valence-electron chi connectivity index (χ4n) is 1.64. The van der Waals surface area contributed by atoms with Crippen LogP contribution in [0.4, 0.5) is 10.2 Å². The molecule has 0 aliphatic heterocycles. The Bertz CT molecular complexity index is 769. The molecule has 8 heteroatoms. The molecule has 1 N–H and O–H groups in total. The van der Waals surface area contributed by atoms with Crippen LogP contribution in [0.15, 0.2) is 27.8 Å². The Kier molecular flexibility index (Phi) is 3.89. The first-order valence-electron chi connectivity index (χ1n) is 5.72. The number of aromatic nitrogens is 3. The number of aryl methyl sites for hydroxylation is 1. The third-order valence-corrected chi connectivity index (χ3v) is 3.05. The van der Waals surface area contributed by atoms with Crippen LogP contribution in [-0.4, -0.2) is 14.3 Å². The summed E-state index contributed by atoms with van der Waals surface area (Å²) in [6.07, 6.45) is 0. The van der Waals surface area contributed by atoms with Crippen LogP contribution in [0, 0.1) is 5.82 Å². The molecule has 0 amide bonds. The van der Waals surface area contributed by atoms with E-state index in [1.165, 1.54) is 26.2 Å². The maximum atomic E-state index is 13.0. The van der Waals surface area contributed by atoms with E-state index in [0.29, 0.717) is 5.56 Å². The van der Waals surface area contributed by atoms with E-state index < -0.39 is 17.1 Å². The van der Waals surface area contributed by atoms with Crippen molar-refractivity contribution in [2.75, 3.05) is 5.32 Å². The summed E-state index contributed by atoms with van der Waals surface area (Å²) in [6.45, 7) is 0.237. The Morgan fingerprint density at radius 1 is 1.35 bits per heavy atom. The number of rotatable bonds is 3. The maximum Gasteiger partial charge on any atom is 0.346 e. The molecule has 0 atom stereocenters. The van der Waals surface area contributed by atoms with Crippen molar-refractivity contribution < 1.29 is 4.39 Å². The second kappa shape index (κ2) is 5.46. The SMILES string of the molecule is Cn1nc(NCc2ccc(F)c(Cl)c2)c(=O)n(C)c1=O. The van der Waals surface area contributed by atoms with Gasteiger partial charge in [-0.25, -0.2) is 13.9 Å². The van der Waals surface area contributed by atoms with E-state index >= 15 is 0 Å². The van der Waals surface area contributed by atoms with E-state index in [0.717, 1.165) is 9.25 Å². The van der Waals surface area contributed by atoms with Crippen molar-refractivity contribution in [3.63, 3.8) is 0 Å². The zero-order chi connectivity index (χ0) is 14.9. The number of hydrogen-bond donors (Lipinski definition) is 1. The zero-order valence-electron chi connectivity index (χ0n) is 10.9. The first-order chi connectivity index (χ1) is 9.40. The van der Waals surface area contributed by atoms with Crippen molar-refractivity contribution in [2.24, 2.45) is 14.1 Å². The Balaban J connectivity index is 2.25. The van der Waals surface area contributed by atoms with Crippen LogP contribution in [0.3, 0.4) is 0 Å². The number of nitrogens with zero attached hydrogens (tertiary/aromatic N) is 3. The molecule has 6 nitrogen and oxygen atoms in total. The first-order valence-corrected chi connectivity index (χ1v) is 6.10. The first kappa shape index (κ1) is 14.3. The lowest BCUT2D eigenvalue weighted by molar-refractivity contribution is 0.604. The van der Waals surface area contributed by atoms with Gasteiger partial charge in [-0.1, -0.05) is 17.7 Å². The van der Waals surface area contributed by atoms with E-state index in [4.69, 9.17) is 11.6 Å². The zero-order valence-corrected chi connectivity index (χ0v) is 11.6. The summed E-state index contributed by atoms with van der Waals surface area (Å²) in [7, 11) is 2.81. The summed E-state index contributed by atoms with van der Waals surface area (Å²) in [5.74, 6) is -0.471. The Labute approximate surface area is 118 Å². The van der Waals surface area contributed by atoms with Crippen molar-refractivity contribution in [1.29, 1.82) is 0 Å². The van der Waals surface area contributed by atoms with E-state index in [9.17, 15) is 14.0 Å². The molecular formula is C12H12ClFN4O2. The third-order valence-electron chi connectivity index (χ3n) is 2.76. The molecule has 1 aromatic heterocycles. The van der Waals surface area contributed by atoms with Gasteiger partial charge in [-0.3, -0.25) is 9.36 Å². The predicted octanol–water partition coefficient (Wildman–Crippen LogP) is 0.884. The number of anilines is 1. The van der Waals surface area contributed by atoms with Gasteiger partial charge in [0, 0.05) is 20.6 Å². The van der Waals surface area contributed by atoms with Gasteiger partial charge < -0.3 is 5.32 Å². The monoisotopic (exact) mass is 298 g/mol. The van der Waals surface area contributed by atoms with Gasteiger partial charge in [-0.2, -0.15) is 0 Å². The van der Waals surface area contributed by atoms with Crippen molar-refractivity contribution in [3.8, 4) is 0 Å². The van der Waals surface area contributed by atoms with E-state index in [1.54, 1.807) is 6.07 Å². The third kappa shape index (κ3) is 2.72. The minimum Gasteiger partial charge on any atom is -0.360 e. The summed E-state index contributed by atoms with van der Waals surface area (Å²) >= 11 is 5.67. The highest BCUT2D eigenvalue weighted by Gasteiger charge is 2.08. The molecule has 0 unspecified atom stereocenters. The van der Waals surface area contributed by atoms with E-state index in [1.807, 2.05) is 0 Å². The lowest BCUT2D eigenvalue weighted by Gasteiger charge is -2.08. The highest BCUT2D eigenvalue weighted by molar-refractivity contribution is 6.30. The quantitative estimate of drug-likeness (QED) is 0.913. The van der Waals surface area contributed by atoms with Crippen molar-refractivity contribution in [2.45, 2.75) is 6.54 Å². The molecule has 0 aliphatic carbocycles. The molecule has 20 heavy (non-hydrogen) atoms. The van der Waals surface area contributed by atoms with Gasteiger partial charge in [-0.05, 0) is 17.7 Å². The average Bonchev–Trinajstić information content (AvgIpc) is 2.42. The fourth-order valence-corrected chi connectivity index (χ4v) is 1.85. The second-order valence-electron chi connectivity index (χ2n) is 4.22. The van der Waals surface area contributed by atoms with E-state index in [-0.39, 0.29) is 17.4 Å². The van der Waals surface area contributed by atoms with Crippen LogP contribution in [0.1, 0.15) is 5.56 Å². The molecule has 0 fully saturated rings. The maximum absolute atomic E-state index is 13.0. The molecule has 2 aromatic rings. The van der Waals surface area contributed by atoms with Crippen LogP contribution in [0.25, 0.3) is 0 Å². The molecule has 0 bridgehead atoms. The fraction of sp³-hybridized carbons (Fsp3) is 0.250. The lowest BCUT2D eigenvalue weighted by Crippen LogP contribution is -2.39. The Morgan fingerprint density at radius 3 is 2.70 bits per heavy atom. The van der Waals surface area contributed by atoms with Gasteiger partial charge in [0.1, 0.15) is 5.82 Å². The van der Waals surface area contributed by atoms with Gasteiger partial charge in [0.25, 0.3) is 5.56 Å². The molecule has 0 saturated carbocycles. The van der Waals surface area contributed by atoms with Gasteiger partial charge >= 0.3 is 5.69 Å². The number of benzene rings is 1. The standard InChI is InChI=1S/C12H12ClFN4O2/c1-17-11(19)10(16-18(2)12(17)20)15-6-7-3-4-9(14)8(13)5-7/h3-5H,6H2,1-2H3,(H,15,16). The van der Waals surface area contributed by atoms with Gasteiger partial charge in [0.05, 0.1) is 5.02 Å². The normalized spacial score (nSPS) is 10.6. The molecule has 1 aromatic carbocycles. The summed E-state index contributed by atoms with van der Waals surface area (Å²) in [6, 6.07) is 4.24. The van der Waals surface area contributed by atoms with Crippen molar-refractivity contribution >= 4 is 17.4 Å². The van der Waals surface area contributed by atoms with Crippen LogP contribution >= 0.6 is 11.6 Å². The van der Waals surface area contributed by atoms with Crippen LogP contribution in [-0.2, 0) is 20.6 Å². The molecule has 106 valence electrons. The smallest absolute Gasteiger partial charge is 0.346 e. The Morgan fingerprint density at radius 2 is 2.05 bits per heavy atom. The minimum absolute atomic E-state index is 0.00521. The molecule has 0 spiro atoms. The summed E-state index contributed by atoms with van der Waals surface area (Å²) in [5.41, 5.74) is -0.346. The van der Waals surface area contributed by atoms with Crippen molar-refractivity contribution in [3.05, 3.63) is 55.4 Å². The summed E-state index contributed by atoms with van der Waals surface area (Å²) in [4.78, 5) is 23.3. The van der Waals surface area contributed by atoms with Crippen LogP contribution < -0.4 is 16.6 Å². The highest BCUT2D eigenvalue weighted by Crippen LogP contribution is 2.16. The Hall–Kier alpha value is -2.15. The van der Waals surface area contributed by atoms with Gasteiger partial charge in [-0.15, -0.1) is 5.10 Å². The predicted molar refractivity (Wildman–Crippen MR) is 73.5 cm³/mol. The van der Waals surface area contributed by atoms with Crippen molar-refractivity contribution in [1.82, 2.24) is 14.3 Å². The molecule has 0 aliphatic rings. The van der Waals surface area contributed by atoms with Crippen LogP contribution in [0.2, 0.25) is 5.02 Å². The number of hydrogen-bond acceptors (Lipinski definition) is 4. The number of halogens is 2. The molecule has 0 saturated heterocycles. The largest absolute Gasteiger partial charge is 0.360 e. The van der Waals surface area contributed by atoms with E-state index in [2.05, 4.69) is 10.4 Å². The summed E-state index contributed by atoms with van der Waals surface area (Å²) in [5, 5.41) is 6.65. The summed E-state index contributed by atoms with van der Waals surface area (Å²) < 4.78 is 15.0. The highest BCUT2D eigenvalue weighted by atomic mass is 35.5. The number of nitrogens with one attached hydrogen (secondary N) is 1. The molecule has 0 radical (unpaired) electrons. The topological polar surface area (TPSA) is 68.9 Å². The lowest BCUT2D eigenvalue weighted by atomic mass is 10.2. The molecule has 2 rings (SSSR count). The second-order valence-corrected chi connectivity index (χ2v) is 4.63. The molecular weight excluding hydrogens is 287 g/mol. The minimum atomic E-state index is -0.527. The average molecular weight is 299 g/mol. The molecule has 1 heterocycles. The van der Waals surface area contributed by atoms with Crippen LogP contribution in [0.5, 0.6) is 0 Å². The van der Waals surface area contributed by atoms with Gasteiger partial charge in [0.2, 0.25) is 5.82 Å².